The first kappa shape index (κ1) is 9.69. The Kier molecular flexibility index (Phi) is 2.40. The van der Waals surface area contributed by atoms with E-state index in [9.17, 15) is 0 Å². The first-order chi connectivity index (χ1) is 7.20. The van der Waals surface area contributed by atoms with Crippen molar-refractivity contribution in [1.82, 2.24) is 14.5 Å². The van der Waals surface area contributed by atoms with E-state index in [1.54, 1.807) is 6.20 Å². The van der Waals surface area contributed by atoms with Gasteiger partial charge in [0.2, 0.25) is 0 Å². The van der Waals surface area contributed by atoms with Crippen LogP contribution < -0.4 is 0 Å². The van der Waals surface area contributed by atoms with E-state index in [2.05, 4.69) is 20.5 Å². The Balaban J connectivity index is 2.48. The van der Waals surface area contributed by atoms with Crippen molar-refractivity contribution in [2.75, 3.05) is 14.1 Å². The third-order valence-corrected chi connectivity index (χ3v) is 2.17. The Morgan fingerprint density at radius 1 is 1.53 bits per heavy atom. The molecule has 0 atom stereocenters. The van der Waals surface area contributed by atoms with Crippen LogP contribution >= 0.6 is 0 Å². The molecule has 0 radical (unpaired) electrons. The molecular formula is C11H12N4. The van der Waals surface area contributed by atoms with Crippen molar-refractivity contribution < 1.29 is 0 Å². The number of hydrogen-bond donors (Lipinski definition) is 0. The fraction of sp³-hybridized carbons (Fsp3) is 0.273. The van der Waals surface area contributed by atoms with Crippen LogP contribution in [0.1, 0.15) is 5.56 Å². The normalized spacial score (nSPS) is 10.8. The van der Waals surface area contributed by atoms with Crippen molar-refractivity contribution in [1.29, 1.82) is 5.26 Å². The summed E-state index contributed by atoms with van der Waals surface area (Å²) in [5.74, 6) is 0. The lowest BCUT2D eigenvalue weighted by atomic mass is 10.2. The molecule has 2 aromatic heterocycles. The van der Waals surface area contributed by atoms with Crippen LogP contribution in [-0.2, 0) is 6.67 Å². The van der Waals surface area contributed by atoms with E-state index in [-0.39, 0.29) is 0 Å². The lowest BCUT2D eigenvalue weighted by Gasteiger charge is -2.11. The Morgan fingerprint density at radius 2 is 2.33 bits per heavy atom. The molecule has 2 aromatic rings. The monoisotopic (exact) mass is 200 g/mol. The van der Waals surface area contributed by atoms with Crippen LogP contribution in [0.3, 0.4) is 0 Å². The fourth-order valence-electron chi connectivity index (χ4n) is 1.56. The molecule has 0 saturated carbocycles. The number of nitriles is 1. The SMILES string of the molecule is CN(C)Cn1ccc2cc(C#N)cnc21. The first-order valence-corrected chi connectivity index (χ1v) is 4.70. The molecule has 15 heavy (non-hydrogen) atoms. The molecule has 0 N–H and O–H groups in total. The van der Waals surface area contributed by atoms with Crippen LogP contribution in [0.25, 0.3) is 11.0 Å². The van der Waals surface area contributed by atoms with Gasteiger partial charge in [-0.05, 0) is 26.2 Å². The molecule has 2 heterocycles. The maximum Gasteiger partial charge on any atom is 0.141 e. The smallest absolute Gasteiger partial charge is 0.141 e. The van der Waals surface area contributed by atoms with Gasteiger partial charge in [0.05, 0.1) is 12.2 Å². The van der Waals surface area contributed by atoms with Crippen LogP contribution in [0.2, 0.25) is 0 Å². The van der Waals surface area contributed by atoms with E-state index < -0.39 is 0 Å². The van der Waals surface area contributed by atoms with Gasteiger partial charge in [-0.2, -0.15) is 5.26 Å². The highest BCUT2D eigenvalue weighted by Crippen LogP contribution is 2.14. The zero-order chi connectivity index (χ0) is 10.8. The summed E-state index contributed by atoms with van der Waals surface area (Å²) in [5, 5.41) is 9.75. The van der Waals surface area contributed by atoms with Crippen LogP contribution in [-0.4, -0.2) is 28.5 Å². The van der Waals surface area contributed by atoms with E-state index in [1.807, 2.05) is 32.4 Å². The predicted molar refractivity (Wildman–Crippen MR) is 58.1 cm³/mol. The maximum absolute atomic E-state index is 8.74. The molecule has 0 bridgehead atoms. The minimum Gasteiger partial charge on any atom is -0.319 e. The molecule has 0 amide bonds. The van der Waals surface area contributed by atoms with Crippen LogP contribution in [0.5, 0.6) is 0 Å². The van der Waals surface area contributed by atoms with E-state index >= 15 is 0 Å². The first-order valence-electron chi connectivity index (χ1n) is 4.70. The molecule has 76 valence electrons. The van der Waals surface area contributed by atoms with Gasteiger partial charge in [0, 0.05) is 17.8 Å². The topological polar surface area (TPSA) is 44.9 Å². The molecule has 2 rings (SSSR count). The summed E-state index contributed by atoms with van der Waals surface area (Å²) >= 11 is 0. The number of fused-ring (bicyclic) bond motifs is 1. The second-order valence-corrected chi connectivity index (χ2v) is 3.76. The summed E-state index contributed by atoms with van der Waals surface area (Å²) in [5.41, 5.74) is 1.52. The summed E-state index contributed by atoms with van der Waals surface area (Å²) in [6.07, 6.45) is 3.59. The number of aromatic nitrogens is 2. The lowest BCUT2D eigenvalue weighted by molar-refractivity contribution is 0.332. The number of pyridine rings is 1. The summed E-state index contributed by atoms with van der Waals surface area (Å²) in [4.78, 5) is 6.35. The van der Waals surface area contributed by atoms with Gasteiger partial charge in [-0.1, -0.05) is 0 Å². The van der Waals surface area contributed by atoms with Crippen molar-refractivity contribution in [3.8, 4) is 6.07 Å². The molecule has 0 aliphatic rings. The van der Waals surface area contributed by atoms with E-state index in [1.165, 1.54) is 0 Å². The van der Waals surface area contributed by atoms with E-state index in [0.717, 1.165) is 17.7 Å². The molecule has 0 aromatic carbocycles. The second kappa shape index (κ2) is 3.71. The van der Waals surface area contributed by atoms with Crippen LogP contribution in [0, 0.1) is 11.3 Å². The van der Waals surface area contributed by atoms with Gasteiger partial charge in [0.1, 0.15) is 11.7 Å². The minimum absolute atomic E-state index is 0.602. The van der Waals surface area contributed by atoms with Crippen molar-refractivity contribution >= 4 is 11.0 Å². The third-order valence-electron chi connectivity index (χ3n) is 2.17. The highest BCUT2D eigenvalue weighted by molar-refractivity contribution is 5.77. The predicted octanol–water partition coefficient (Wildman–Crippen LogP) is 1.43. The molecule has 4 nitrogen and oxygen atoms in total. The Morgan fingerprint density at radius 3 is 3.00 bits per heavy atom. The van der Waals surface area contributed by atoms with Crippen molar-refractivity contribution in [2.45, 2.75) is 6.67 Å². The Labute approximate surface area is 88.4 Å². The van der Waals surface area contributed by atoms with Crippen LogP contribution in [0.4, 0.5) is 0 Å². The van der Waals surface area contributed by atoms with Crippen molar-refractivity contribution in [3.05, 3.63) is 30.1 Å². The second-order valence-electron chi connectivity index (χ2n) is 3.76. The Bertz CT molecular complexity index is 519. The summed E-state index contributed by atoms with van der Waals surface area (Å²) in [6.45, 7) is 0.794. The zero-order valence-corrected chi connectivity index (χ0v) is 8.81. The van der Waals surface area contributed by atoms with Gasteiger partial charge in [0.25, 0.3) is 0 Å². The quantitative estimate of drug-likeness (QED) is 0.736. The molecule has 0 unspecified atom stereocenters. The fourth-order valence-corrected chi connectivity index (χ4v) is 1.56. The standard InChI is InChI=1S/C11H12N4/c1-14(2)8-15-4-3-10-5-9(6-12)7-13-11(10)15/h3-5,7H,8H2,1-2H3. The molecule has 0 aliphatic carbocycles. The summed E-state index contributed by atoms with van der Waals surface area (Å²) in [6, 6.07) is 5.92. The van der Waals surface area contributed by atoms with Gasteiger partial charge >= 0.3 is 0 Å². The highest BCUT2D eigenvalue weighted by atomic mass is 15.2. The van der Waals surface area contributed by atoms with Crippen LogP contribution in [0.15, 0.2) is 24.5 Å². The maximum atomic E-state index is 8.74. The minimum atomic E-state index is 0.602. The largest absolute Gasteiger partial charge is 0.319 e. The van der Waals surface area contributed by atoms with Crippen molar-refractivity contribution in [2.24, 2.45) is 0 Å². The van der Waals surface area contributed by atoms with Crippen molar-refractivity contribution in [3.63, 3.8) is 0 Å². The van der Waals surface area contributed by atoms with E-state index in [4.69, 9.17) is 5.26 Å². The number of nitrogens with zero attached hydrogens (tertiary/aromatic N) is 4. The number of hydrogen-bond acceptors (Lipinski definition) is 3. The van der Waals surface area contributed by atoms with Gasteiger partial charge in [-0.15, -0.1) is 0 Å². The number of rotatable bonds is 2. The highest BCUT2D eigenvalue weighted by Gasteiger charge is 2.03. The molecule has 0 aliphatic heterocycles. The molecular weight excluding hydrogens is 188 g/mol. The lowest BCUT2D eigenvalue weighted by Crippen LogP contribution is -2.16. The zero-order valence-electron chi connectivity index (χ0n) is 8.81. The average molecular weight is 200 g/mol. The van der Waals surface area contributed by atoms with Gasteiger partial charge in [0.15, 0.2) is 0 Å². The summed E-state index contributed by atoms with van der Waals surface area (Å²) < 4.78 is 2.05. The van der Waals surface area contributed by atoms with Gasteiger partial charge < -0.3 is 4.57 Å². The average Bonchev–Trinajstić information content (AvgIpc) is 2.60. The summed E-state index contributed by atoms with van der Waals surface area (Å²) in [7, 11) is 4.02. The molecule has 0 fully saturated rings. The molecule has 4 heteroatoms. The van der Waals surface area contributed by atoms with Gasteiger partial charge in [-0.25, -0.2) is 4.98 Å². The third kappa shape index (κ3) is 1.83. The van der Waals surface area contributed by atoms with E-state index in [0.29, 0.717) is 5.56 Å². The van der Waals surface area contributed by atoms with Gasteiger partial charge in [-0.3, -0.25) is 4.90 Å². The Hall–Kier alpha value is -1.86. The molecule has 0 spiro atoms. The molecule has 0 saturated heterocycles.